The molecule has 0 amide bonds. The smallest absolute Gasteiger partial charge is 0.306 e. The fraction of sp³-hybridized carbons (Fsp3) is 0.750. The molecule has 0 atom stereocenters. The molecule has 0 saturated heterocycles. The highest BCUT2D eigenvalue weighted by Gasteiger charge is 2.20. The van der Waals surface area contributed by atoms with Gasteiger partial charge in [-0.3, -0.25) is 9.59 Å². The number of rotatable bonds is 1. The van der Waals surface area contributed by atoms with Crippen molar-refractivity contribution < 1.29 is 19.8 Å². The number of hydrogen-bond donors (Lipinski definition) is 2. The lowest BCUT2D eigenvalue weighted by Gasteiger charge is -1.97. The summed E-state index contributed by atoms with van der Waals surface area (Å²) in [6, 6.07) is 0. The maximum atomic E-state index is 10.2. The number of carbonyl (C=O) groups is 2. The fourth-order valence-electron chi connectivity index (χ4n) is 1.17. The number of aliphatic carboxylic acids is 2. The Kier molecular flexibility index (Phi) is 5.08. The topological polar surface area (TPSA) is 74.6 Å². The van der Waals surface area contributed by atoms with E-state index in [1.54, 1.807) is 0 Å². The van der Waals surface area contributed by atoms with E-state index >= 15 is 0 Å². The summed E-state index contributed by atoms with van der Waals surface area (Å²) in [6.07, 6.45) is 4.01. The highest BCUT2D eigenvalue weighted by molar-refractivity contribution is 5.70. The minimum Gasteiger partial charge on any atom is -0.481 e. The highest BCUT2D eigenvalue weighted by atomic mass is 16.4. The van der Waals surface area contributed by atoms with E-state index in [2.05, 4.69) is 0 Å². The quantitative estimate of drug-likeness (QED) is 0.629. The molecule has 70 valence electrons. The molecule has 1 fully saturated rings. The molecule has 1 rings (SSSR count). The third-order valence-electron chi connectivity index (χ3n) is 1.70. The van der Waals surface area contributed by atoms with Crippen molar-refractivity contribution in [1.82, 2.24) is 0 Å². The van der Waals surface area contributed by atoms with E-state index in [-0.39, 0.29) is 5.92 Å². The van der Waals surface area contributed by atoms with Crippen LogP contribution in [0.3, 0.4) is 0 Å². The summed E-state index contributed by atoms with van der Waals surface area (Å²) in [4.78, 5) is 19.2. The molecule has 4 nitrogen and oxygen atoms in total. The molecule has 1 aliphatic rings. The van der Waals surface area contributed by atoms with Crippen LogP contribution in [0.1, 0.15) is 32.6 Å². The second kappa shape index (κ2) is 5.57. The molecule has 2 N–H and O–H groups in total. The van der Waals surface area contributed by atoms with Crippen LogP contribution < -0.4 is 0 Å². The number of hydrogen-bond acceptors (Lipinski definition) is 2. The first kappa shape index (κ1) is 10.9. The van der Waals surface area contributed by atoms with Gasteiger partial charge in [0, 0.05) is 6.92 Å². The lowest BCUT2D eigenvalue weighted by atomic mass is 10.1. The Bertz CT molecular complexity index is 154. The van der Waals surface area contributed by atoms with E-state index in [1.165, 1.54) is 0 Å². The average molecular weight is 174 g/mol. The molecule has 0 bridgehead atoms. The Hall–Kier alpha value is -1.06. The standard InChI is InChI=1S/C6H10O2.C2H4O2/c7-6(8)5-3-1-2-4-5;1-2(3)4/h5H,1-4H2,(H,7,8);1H3,(H,3,4). The molecule has 0 aromatic carbocycles. The third-order valence-corrected chi connectivity index (χ3v) is 1.70. The zero-order valence-electron chi connectivity index (χ0n) is 7.12. The molecule has 1 saturated carbocycles. The predicted molar refractivity (Wildman–Crippen MR) is 42.9 cm³/mol. The van der Waals surface area contributed by atoms with Crippen molar-refractivity contribution in [3.8, 4) is 0 Å². The van der Waals surface area contributed by atoms with Crippen LogP contribution in [0, 0.1) is 5.92 Å². The van der Waals surface area contributed by atoms with Crippen molar-refractivity contribution in [3.05, 3.63) is 0 Å². The van der Waals surface area contributed by atoms with Crippen LogP contribution >= 0.6 is 0 Å². The summed E-state index contributed by atoms with van der Waals surface area (Å²) in [6.45, 7) is 1.08. The molecule has 0 heterocycles. The fourth-order valence-corrected chi connectivity index (χ4v) is 1.17. The molecule has 0 spiro atoms. The van der Waals surface area contributed by atoms with Gasteiger partial charge in [0.2, 0.25) is 0 Å². The monoisotopic (exact) mass is 174 g/mol. The van der Waals surface area contributed by atoms with Crippen molar-refractivity contribution in [3.63, 3.8) is 0 Å². The van der Waals surface area contributed by atoms with Gasteiger partial charge in [-0.05, 0) is 12.8 Å². The summed E-state index contributed by atoms with van der Waals surface area (Å²) in [7, 11) is 0. The Balaban J connectivity index is 0.000000261. The van der Waals surface area contributed by atoms with Crippen molar-refractivity contribution in [2.45, 2.75) is 32.6 Å². The van der Waals surface area contributed by atoms with E-state index in [9.17, 15) is 4.79 Å². The van der Waals surface area contributed by atoms with E-state index in [1.807, 2.05) is 0 Å². The molecule has 0 aromatic heterocycles. The Morgan fingerprint density at radius 2 is 1.50 bits per heavy atom. The molecular formula is C8H14O4. The SMILES string of the molecule is CC(=O)O.O=C(O)C1CCCC1. The van der Waals surface area contributed by atoms with Gasteiger partial charge in [-0.15, -0.1) is 0 Å². The summed E-state index contributed by atoms with van der Waals surface area (Å²) in [5.74, 6) is -1.46. The van der Waals surface area contributed by atoms with Crippen LogP contribution in [0.5, 0.6) is 0 Å². The van der Waals surface area contributed by atoms with Crippen LogP contribution in [-0.4, -0.2) is 22.2 Å². The zero-order valence-corrected chi connectivity index (χ0v) is 7.12. The Morgan fingerprint density at radius 3 is 1.67 bits per heavy atom. The molecule has 12 heavy (non-hydrogen) atoms. The first-order valence-corrected chi connectivity index (χ1v) is 3.96. The third kappa shape index (κ3) is 5.70. The Morgan fingerprint density at radius 1 is 1.17 bits per heavy atom. The summed E-state index contributed by atoms with van der Waals surface area (Å²) < 4.78 is 0. The summed E-state index contributed by atoms with van der Waals surface area (Å²) >= 11 is 0. The molecule has 0 unspecified atom stereocenters. The average Bonchev–Trinajstić information content (AvgIpc) is 2.34. The second-order valence-electron chi connectivity index (χ2n) is 2.84. The maximum Gasteiger partial charge on any atom is 0.306 e. The lowest BCUT2D eigenvalue weighted by Crippen LogP contribution is -2.07. The molecule has 4 heteroatoms. The molecule has 0 radical (unpaired) electrons. The molecule has 1 aliphatic carbocycles. The normalized spacial score (nSPS) is 16.4. The second-order valence-corrected chi connectivity index (χ2v) is 2.84. The van der Waals surface area contributed by atoms with Gasteiger partial charge in [-0.25, -0.2) is 0 Å². The van der Waals surface area contributed by atoms with E-state index in [0.717, 1.165) is 32.6 Å². The van der Waals surface area contributed by atoms with Gasteiger partial charge in [-0.2, -0.15) is 0 Å². The van der Waals surface area contributed by atoms with Crippen molar-refractivity contribution in [2.24, 2.45) is 5.92 Å². The van der Waals surface area contributed by atoms with Crippen LogP contribution in [-0.2, 0) is 9.59 Å². The lowest BCUT2D eigenvalue weighted by molar-refractivity contribution is -0.141. The molecular weight excluding hydrogens is 160 g/mol. The van der Waals surface area contributed by atoms with Crippen LogP contribution in [0.15, 0.2) is 0 Å². The van der Waals surface area contributed by atoms with E-state index < -0.39 is 11.9 Å². The minimum absolute atomic E-state index is 0.0185. The minimum atomic E-state index is -0.833. The van der Waals surface area contributed by atoms with Gasteiger partial charge in [0.1, 0.15) is 0 Å². The Labute approximate surface area is 71.2 Å². The van der Waals surface area contributed by atoms with Crippen LogP contribution in [0.4, 0.5) is 0 Å². The number of carboxylic acids is 2. The highest BCUT2D eigenvalue weighted by Crippen LogP contribution is 2.24. The van der Waals surface area contributed by atoms with Gasteiger partial charge in [0.15, 0.2) is 0 Å². The van der Waals surface area contributed by atoms with Crippen LogP contribution in [0.2, 0.25) is 0 Å². The van der Waals surface area contributed by atoms with Gasteiger partial charge in [-0.1, -0.05) is 12.8 Å². The molecule has 0 aliphatic heterocycles. The van der Waals surface area contributed by atoms with Crippen LogP contribution in [0.25, 0.3) is 0 Å². The van der Waals surface area contributed by atoms with Crippen molar-refractivity contribution in [1.29, 1.82) is 0 Å². The van der Waals surface area contributed by atoms with E-state index in [4.69, 9.17) is 15.0 Å². The van der Waals surface area contributed by atoms with Gasteiger partial charge < -0.3 is 10.2 Å². The summed E-state index contributed by atoms with van der Waals surface area (Å²) in [5.41, 5.74) is 0. The number of carboxylic acid groups (broad SMARTS) is 2. The van der Waals surface area contributed by atoms with Crippen molar-refractivity contribution in [2.75, 3.05) is 0 Å². The largest absolute Gasteiger partial charge is 0.481 e. The summed E-state index contributed by atoms with van der Waals surface area (Å²) in [5, 5.41) is 15.8. The maximum absolute atomic E-state index is 10.2. The van der Waals surface area contributed by atoms with Gasteiger partial charge in [0.05, 0.1) is 5.92 Å². The first-order chi connectivity index (χ1) is 5.54. The van der Waals surface area contributed by atoms with Crippen molar-refractivity contribution >= 4 is 11.9 Å². The van der Waals surface area contributed by atoms with E-state index in [0.29, 0.717) is 0 Å². The first-order valence-electron chi connectivity index (χ1n) is 3.96. The zero-order chi connectivity index (χ0) is 9.56. The predicted octanol–water partition coefficient (Wildman–Crippen LogP) is 1.35. The molecule has 0 aromatic rings. The van der Waals surface area contributed by atoms with Gasteiger partial charge in [0.25, 0.3) is 5.97 Å². The van der Waals surface area contributed by atoms with Gasteiger partial charge >= 0.3 is 5.97 Å².